The van der Waals surface area contributed by atoms with Crippen LogP contribution in [0.25, 0.3) is 10.4 Å². The Morgan fingerprint density at radius 1 is 1.07 bits per heavy atom. The van der Waals surface area contributed by atoms with E-state index in [1.165, 1.54) is 4.90 Å². The summed E-state index contributed by atoms with van der Waals surface area (Å²) in [6.45, 7) is 8.89. The molecule has 46 heavy (non-hydrogen) atoms. The van der Waals surface area contributed by atoms with Gasteiger partial charge in [-0.2, -0.15) is 0 Å². The number of rotatable bonds is 12. The average Bonchev–Trinajstić information content (AvgIpc) is 3.62. The van der Waals surface area contributed by atoms with Crippen molar-refractivity contribution >= 4 is 35.0 Å². The molecule has 0 spiro atoms. The summed E-state index contributed by atoms with van der Waals surface area (Å²) in [5.74, 6) is -1.82. The van der Waals surface area contributed by atoms with E-state index in [0.717, 1.165) is 27.3 Å². The topological polar surface area (TPSA) is 158 Å². The maximum Gasteiger partial charge on any atom is 0.303 e. The number of thiazole rings is 1. The second-order valence-electron chi connectivity index (χ2n) is 12.7. The Morgan fingerprint density at radius 3 is 2.33 bits per heavy atom. The summed E-state index contributed by atoms with van der Waals surface area (Å²) in [5, 5.41) is 25.1. The largest absolute Gasteiger partial charge is 0.484 e. The van der Waals surface area contributed by atoms with Crippen molar-refractivity contribution in [3.63, 3.8) is 0 Å². The third kappa shape index (κ3) is 8.91. The van der Waals surface area contributed by atoms with E-state index >= 15 is 0 Å². The molecule has 0 unspecified atom stereocenters. The summed E-state index contributed by atoms with van der Waals surface area (Å²) in [6, 6.07) is 12.4. The van der Waals surface area contributed by atoms with Crippen molar-refractivity contribution in [1.82, 2.24) is 20.5 Å². The van der Waals surface area contributed by atoms with Crippen LogP contribution in [0.4, 0.5) is 0 Å². The number of carboxylic acids is 1. The van der Waals surface area contributed by atoms with Crippen LogP contribution >= 0.6 is 11.3 Å². The third-order valence-electron chi connectivity index (χ3n) is 7.98. The smallest absolute Gasteiger partial charge is 0.303 e. The second-order valence-corrected chi connectivity index (χ2v) is 13.6. The van der Waals surface area contributed by atoms with Crippen molar-refractivity contribution in [2.75, 3.05) is 13.2 Å². The molecule has 0 saturated carbocycles. The molecule has 0 radical (unpaired) electrons. The van der Waals surface area contributed by atoms with Gasteiger partial charge >= 0.3 is 5.97 Å². The summed E-state index contributed by atoms with van der Waals surface area (Å²) >= 11 is 1.57. The zero-order valence-corrected chi connectivity index (χ0v) is 27.6. The van der Waals surface area contributed by atoms with Crippen LogP contribution in [0.3, 0.4) is 0 Å². The highest BCUT2D eigenvalue weighted by molar-refractivity contribution is 7.13. The minimum atomic E-state index is -0.984. The number of amides is 3. The zero-order valence-electron chi connectivity index (χ0n) is 26.8. The van der Waals surface area contributed by atoms with Gasteiger partial charge in [-0.1, -0.05) is 57.2 Å². The van der Waals surface area contributed by atoms with Gasteiger partial charge in [0.2, 0.25) is 11.8 Å². The number of β-amino-alcohol motifs (C(OH)–C–C–N with tert-alkyl or cyclic N) is 1. The van der Waals surface area contributed by atoms with Crippen LogP contribution < -0.4 is 15.4 Å². The van der Waals surface area contributed by atoms with Gasteiger partial charge in [-0.15, -0.1) is 11.3 Å². The lowest BCUT2D eigenvalue weighted by Gasteiger charge is -2.35. The van der Waals surface area contributed by atoms with Gasteiger partial charge < -0.3 is 30.5 Å². The van der Waals surface area contributed by atoms with Crippen molar-refractivity contribution in [3.05, 3.63) is 70.9 Å². The van der Waals surface area contributed by atoms with Crippen LogP contribution in [0, 0.1) is 12.3 Å². The molecule has 3 amide bonds. The molecule has 2 aromatic carbocycles. The van der Waals surface area contributed by atoms with Gasteiger partial charge in [0, 0.05) is 19.4 Å². The zero-order chi connectivity index (χ0) is 33.6. The first kappa shape index (κ1) is 34.6. The van der Waals surface area contributed by atoms with E-state index in [1.807, 2.05) is 64.4 Å². The van der Waals surface area contributed by atoms with E-state index in [-0.39, 0.29) is 37.9 Å². The predicted octanol–water partition coefficient (Wildman–Crippen LogP) is 3.88. The Bertz CT molecular complexity index is 1530. The molecule has 12 heteroatoms. The molecule has 1 saturated heterocycles. The first-order chi connectivity index (χ1) is 21.7. The second kappa shape index (κ2) is 14.9. The number of aliphatic hydroxyl groups excluding tert-OH is 1. The number of aliphatic carboxylic acids is 1. The number of hydrogen-bond donors (Lipinski definition) is 4. The van der Waals surface area contributed by atoms with Gasteiger partial charge in [0.25, 0.3) is 5.91 Å². The molecular formula is C34H42N4O7S. The summed E-state index contributed by atoms with van der Waals surface area (Å²) in [5.41, 5.74) is 4.83. The Kier molecular flexibility index (Phi) is 11.2. The minimum Gasteiger partial charge on any atom is -0.484 e. The molecule has 1 aliphatic heterocycles. The fourth-order valence-corrected chi connectivity index (χ4v) is 6.18. The first-order valence-corrected chi connectivity index (χ1v) is 16.1. The van der Waals surface area contributed by atoms with Crippen LogP contribution in [0.5, 0.6) is 5.75 Å². The molecule has 3 aromatic rings. The lowest BCUT2D eigenvalue weighted by molar-refractivity contribution is -0.144. The molecule has 11 nitrogen and oxygen atoms in total. The van der Waals surface area contributed by atoms with Crippen molar-refractivity contribution in [3.8, 4) is 16.2 Å². The fourth-order valence-electron chi connectivity index (χ4n) is 5.37. The minimum absolute atomic E-state index is 0.0164. The number of carbonyl (C=O) groups excluding carboxylic acids is 3. The molecule has 1 aliphatic rings. The van der Waals surface area contributed by atoms with Crippen molar-refractivity contribution in [2.24, 2.45) is 5.41 Å². The number of nitrogens with zero attached hydrogens (tertiary/aromatic N) is 2. The van der Waals surface area contributed by atoms with Crippen molar-refractivity contribution in [1.29, 1.82) is 0 Å². The van der Waals surface area contributed by atoms with Crippen LogP contribution in [0.1, 0.15) is 63.4 Å². The van der Waals surface area contributed by atoms with Gasteiger partial charge in [0.15, 0.2) is 6.61 Å². The van der Waals surface area contributed by atoms with Gasteiger partial charge in [-0.05, 0) is 54.5 Å². The molecule has 4 atom stereocenters. The monoisotopic (exact) mass is 650 g/mol. The van der Waals surface area contributed by atoms with Gasteiger partial charge in [0.1, 0.15) is 17.8 Å². The SMILES string of the molecule is Cc1ncsc1-c1ccc([C@H](C)NC(=O)[C@@H]2C[C@@H](O)CN2C(=O)[C@@H](NC(=O)COc2ccc(CCC(=O)O)cc2)C(C)(C)C)cc1. The highest BCUT2D eigenvalue weighted by Gasteiger charge is 2.44. The van der Waals surface area contributed by atoms with Gasteiger partial charge in [-0.3, -0.25) is 19.2 Å². The summed E-state index contributed by atoms with van der Waals surface area (Å²) in [6.07, 6.45) is -0.391. The van der Waals surface area contributed by atoms with E-state index in [0.29, 0.717) is 12.2 Å². The number of aromatic nitrogens is 1. The summed E-state index contributed by atoms with van der Waals surface area (Å²) < 4.78 is 5.60. The molecule has 246 valence electrons. The molecule has 1 fully saturated rings. The summed E-state index contributed by atoms with van der Waals surface area (Å²) in [7, 11) is 0. The standard InChI is InChI=1S/C34H42N4O7S/c1-20(23-9-11-24(12-10-23)30-21(2)35-19-46-30)36-32(43)27-16-25(39)17-38(27)33(44)31(34(3,4)5)37-28(40)18-45-26-13-6-22(7-14-26)8-15-29(41)42/h6-7,9-14,19-20,25,27,31,39H,8,15-18H2,1-5H3,(H,36,43)(H,37,40)(H,41,42)/t20-,25+,27-,31+/m0/s1. The number of carbonyl (C=O) groups is 4. The van der Waals surface area contributed by atoms with Crippen LogP contribution in [0.15, 0.2) is 54.0 Å². The highest BCUT2D eigenvalue weighted by Crippen LogP contribution is 2.29. The number of nitrogens with one attached hydrogen (secondary N) is 2. The molecule has 0 aliphatic carbocycles. The van der Waals surface area contributed by atoms with E-state index < -0.39 is 41.4 Å². The molecular weight excluding hydrogens is 608 g/mol. The lowest BCUT2D eigenvalue weighted by atomic mass is 9.85. The van der Waals surface area contributed by atoms with Crippen molar-refractivity contribution in [2.45, 2.75) is 78.1 Å². The number of carboxylic acid groups (broad SMARTS) is 1. The normalized spacial score (nSPS) is 17.7. The Labute approximate surface area is 273 Å². The van der Waals surface area contributed by atoms with Crippen LogP contribution in [-0.4, -0.2) is 75.1 Å². The number of benzene rings is 2. The van der Waals surface area contributed by atoms with Gasteiger partial charge in [-0.25, -0.2) is 4.98 Å². The molecule has 2 heterocycles. The first-order valence-electron chi connectivity index (χ1n) is 15.2. The molecule has 1 aromatic heterocycles. The fraction of sp³-hybridized carbons (Fsp3) is 0.441. The molecule has 4 N–H and O–H groups in total. The van der Waals surface area contributed by atoms with Crippen LogP contribution in [-0.2, 0) is 25.6 Å². The summed E-state index contributed by atoms with van der Waals surface area (Å²) in [4.78, 5) is 57.8. The predicted molar refractivity (Wildman–Crippen MR) is 174 cm³/mol. The van der Waals surface area contributed by atoms with Crippen LogP contribution in [0.2, 0.25) is 0 Å². The molecule has 4 rings (SSSR count). The number of ether oxygens (including phenoxy) is 1. The maximum atomic E-state index is 13.9. The quantitative estimate of drug-likeness (QED) is 0.230. The highest BCUT2D eigenvalue weighted by atomic mass is 32.1. The Morgan fingerprint density at radius 2 is 1.74 bits per heavy atom. The number of likely N-dealkylation sites (tertiary alicyclic amines) is 1. The maximum absolute atomic E-state index is 13.9. The van der Waals surface area contributed by atoms with Gasteiger partial charge in [0.05, 0.1) is 28.2 Å². The number of aliphatic hydroxyl groups is 1. The van der Waals surface area contributed by atoms with Crippen molar-refractivity contribution < 1.29 is 34.1 Å². The average molecular weight is 651 g/mol. The van der Waals surface area contributed by atoms with E-state index in [2.05, 4.69) is 15.6 Å². The van der Waals surface area contributed by atoms with E-state index in [4.69, 9.17) is 9.84 Å². The Balaban J connectivity index is 1.37. The number of aryl methyl sites for hydroxylation is 2. The lowest BCUT2D eigenvalue weighted by Crippen LogP contribution is -2.58. The molecule has 0 bridgehead atoms. The van der Waals surface area contributed by atoms with E-state index in [1.54, 1.807) is 35.6 Å². The van der Waals surface area contributed by atoms with E-state index in [9.17, 15) is 24.3 Å². The third-order valence-corrected chi connectivity index (χ3v) is 8.96. The number of hydrogen-bond acceptors (Lipinski definition) is 8. The Hall–Kier alpha value is -4.29.